The second kappa shape index (κ2) is 9.69. The van der Waals surface area contributed by atoms with Crippen LogP contribution in [0.5, 0.6) is 0 Å². The summed E-state index contributed by atoms with van der Waals surface area (Å²) in [6, 6.07) is 16.6. The number of anilines is 2. The van der Waals surface area contributed by atoms with E-state index in [2.05, 4.69) is 22.5 Å². The highest BCUT2D eigenvalue weighted by atomic mass is 16.2. The van der Waals surface area contributed by atoms with E-state index in [1.54, 1.807) is 24.5 Å². The van der Waals surface area contributed by atoms with Crippen molar-refractivity contribution in [3.63, 3.8) is 0 Å². The minimum atomic E-state index is -0.217. The first kappa shape index (κ1) is 21.0. The molecule has 2 aromatic carbocycles. The van der Waals surface area contributed by atoms with Gasteiger partial charge in [-0.1, -0.05) is 25.1 Å². The number of rotatable bonds is 7. The Morgan fingerprint density at radius 3 is 2.37 bits per heavy atom. The van der Waals surface area contributed by atoms with Gasteiger partial charge in [0.05, 0.1) is 5.56 Å². The highest BCUT2D eigenvalue weighted by molar-refractivity contribution is 6.06. The number of aromatic nitrogens is 1. The van der Waals surface area contributed by atoms with Gasteiger partial charge in [0.15, 0.2) is 0 Å². The quantitative estimate of drug-likeness (QED) is 0.629. The number of amides is 2. The Morgan fingerprint density at radius 2 is 1.73 bits per heavy atom. The van der Waals surface area contributed by atoms with E-state index in [-0.39, 0.29) is 11.8 Å². The van der Waals surface area contributed by atoms with Crippen molar-refractivity contribution in [2.75, 3.05) is 24.3 Å². The van der Waals surface area contributed by atoms with E-state index < -0.39 is 0 Å². The number of carbonyl (C=O) groups excluding carboxylic acids is 2. The molecule has 30 heavy (non-hydrogen) atoms. The van der Waals surface area contributed by atoms with Gasteiger partial charge in [-0.15, -0.1) is 0 Å². The number of carbonyl (C=O) groups is 2. The fraction of sp³-hybridized carbons (Fsp3) is 0.208. The smallest absolute Gasteiger partial charge is 0.255 e. The third-order valence-electron chi connectivity index (χ3n) is 4.78. The van der Waals surface area contributed by atoms with Gasteiger partial charge in [0.1, 0.15) is 0 Å². The van der Waals surface area contributed by atoms with Crippen molar-refractivity contribution in [2.45, 2.75) is 19.9 Å². The lowest BCUT2D eigenvalue weighted by atomic mass is 10.1. The zero-order valence-corrected chi connectivity index (χ0v) is 17.5. The summed E-state index contributed by atoms with van der Waals surface area (Å²) in [4.78, 5) is 31.4. The highest BCUT2D eigenvalue weighted by Crippen LogP contribution is 2.23. The first-order chi connectivity index (χ1) is 14.5. The van der Waals surface area contributed by atoms with Gasteiger partial charge in [-0.3, -0.25) is 14.6 Å². The molecule has 3 aromatic rings. The zero-order chi connectivity index (χ0) is 21.5. The zero-order valence-electron chi connectivity index (χ0n) is 17.5. The molecule has 0 aliphatic carbocycles. The van der Waals surface area contributed by atoms with Crippen LogP contribution in [-0.2, 0) is 13.0 Å². The molecule has 0 aliphatic rings. The summed E-state index contributed by atoms with van der Waals surface area (Å²) in [6.07, 6.45) is 4.33. The van der Waals surface area contributed by atoms with Gasteiger partial charge in [-0.05, 0) is 53.9 Å². The number of aryl methyl sites for hydroxylation is 1. The van der Waals surface area contributed by atoms with Gasteiger partial charge < -0.3 is 15.5 Å². The molecule has 0 aliphatic heterocycles. The molecular weight excluding hydrogens is 376 g/mol. The summed E-state index contributed by atoms with van der Waals surface area (Å²) in [5, 5.41) is 5.80. The van der Waals surface area contributed by atoms with E-state index in [1.165, 1.54) is 5.56 Å². The summed E-state index contributed by atoms with van der Waals surface area (Å²) >= 11 is 0. The third-order valence-corrected chi connectivity index (χ3v) is 4.78. The Bertz CT molecular complexity index is 1020. The Morgan fingerprint density at radius 1 is 0.967 bits per heavy atom. The van der Waals surface area contributed by atoms with Crippen LogP contribution >= 0.6 is 0 Å². The van der Waals surface area contributed by atoms with Crippen molar-refractivity contribution in [3.05, 3.63) is 89.2 Å². The second-order valence-corrected chi connectivity index (χ2v) is 7.17. The maximum atomic E-state index is 12.9. The summed E-state index contributed by atoms with van der Waals surface area (Å²) in [5.74, 6) is -0.428. The SMILES string of the molecule is CCc1ccc(C(=O)Nc2ccc(N(C)C)c(C(=O)NCc3cccnc3)c2)cc1. The average Bonchev–Trinajstić information content (AvgIpc) is 2.78. The molecule has 0 atom stereocenters. The second-order valence-electron chi connectivity index (χ2n) is 7.17. The number of hydrogen-bond acceptors (Lipinski definition) is 4. The molecule has 0 spiro atoms. The van der Waals surface area contributed by atoms with Crippen LogP contribution in [-0.4, -0.2) is 30.9 Å². The largest absolute Gasteiger partial charge is 0.377 e. The van der Waals surface area contributed by atoms with E-state index in [9.17, 15) is 9.59 Å². The maximum absolute atomic E-state index is 12.9. The molecule has 1 aromatic heterocycles. The van der Waals surface area contributed by atoms with Gasteiger partial charge in [0.2, 0.25) is 0 Å². The number of nitrogens with one attached hydrogen (secondary N) is 2. The van der Waals surface area contributed by atoms with Crippen molar-refractivity contribution < 1.29 is 9.59 Å². The third kappa shape index (κ3) is 5.23. The van der Waals surface area contributed by atoms with Crippen molar-refractivity contribution in [2.24, 2.45) is 0 Å². The predicted octanol–water partition coefficient (Wildman–Crippen LogP) is 3.89. The molecule has 0 radical (unpaired) electrons. The minimum absolute atomic E-state index is 0.211. The molecule has 0 bridgehead atoms. The van der Waals surface area contributed by atoms with E-state index in [0.717, 1.165) is 17.7 Å². The molecule has 1 heterocycles. The number of benzene rings is 2. The van der Waals surface area contributed by atoms with Crippen molar-refractivity contribution in [3.8, 4) is 0 Å². The molecule has 6 heteroatoms. The van der Waals surface area contributed by atoms with Crippen LogP contribution in [0.15, 0.2) is 67.0 Å². The van der Waals surface area contributed by atoms with Gasteiger partial charge in [0.25, 0.3) is 11.8 Å². The molecule has 0 fully saturated rings. The number of hydrogen-bond donors (Lipinski definition) is 2. The Kier molecular flexibility index (Phi) is 6.80. The van der Waals surface area contributed by atoms with Crippen LogP contribution in [0.1, 0.15) is 38.8 Å². The molecule has 154 valence electrons. The summed E-state index contributed by atoms with van der Waals surface area (Å²) < 4.78 is 0. The molecule has 2 N–H and O–H groups in total. The molecule has 6 nitrogen and oxygen atoms in total. The first-order valence-electron chi connectivity index (χ1n) is 9.86. The summed E-state index contributed by atoms with van der Waals surface area (Å²) in [7, 11) is 3.75. The average molecular weight is 402 g/mol. The van der Waals surface area contributed by atoms with Crippen LogP contribution < -0.4 is 15.5 Å². The molecule has 0 saturated heterocycles. The topological polar surface area (TPSA) is 74.3 Å². The number of nitrogens with zero attached hydrogens (tertiary/aromatic N) is 2. The lowest BCUT2D eigenvalue weighted by Gasteiger charge is -2.18. The van der Waals surface area contributed by atoms with Crippen LogP contribution in [0.4, 0.5) is 11.4 Å². The maximum Gasteiger partial charge on any atom is 0.255 e. The molecule has 0 unspecified atom stereocenters. The minimum Gasteiger partial charge on any atom is -0.377 e. The lowest BCUT2D eigenvalue weighted by molar-refractivity contribution is 0.0950. The van der Waals surface area contributed by atoms with Gasteiger partial charge in [0, 0.05) is 50.0 Å². The lowest BCUT2D eigenvalue weighted by Crippen LogP contribution is -2.25. The van der Waals surface area contributed by atoms with E-state index in [1.807, 2.05) is 61.5 Å². The van der Waals surface area contributed by atoms with Gasteiger partial charge in [-0.2, -0.15) is 0 Å². The molecular formula is C24H26N4O2. The Hall–Kier alpha value is -3.67. The van der Waals surface area contributed by atoms with Crippen LogP contribution in [0.3, 0.4) is 0 Å². The van der Waals surface area contributed by atoms with Crippen LogP contribution in [0, 0.1) is 0 Å². The predicted molar refractivity (Wildman–Crippen MR) is 120 cm³/mol. The fourth-order valence-corrected chi connectivity index (χ4v) is 3.06. The molecule has 0 saturated carbocycles. The van der Waals surface area contributed by atoms with E-state index >= 15 is 0 Å². The van der Waals surface area contributed by atoms with Crippen molar-refractivity contribution in [1.82, 2.24) is 10.3 Å². The van der Waals surface area contributed by atoms with Crippen molar-refractivity contribution >= 4 is 23.2 Å². The van der Waals surface area contributed by atoms with E-state index in [4.69, 9.17) is 0 Å². The van der Waals surface area contributed by atoms with Crippen LogP contribution in [0.2, 0.25) is 0 Å². The van der Waals surface area contributed by atoms with Gasteiger partial charge >= 0.3 is 0 Å². The van der Waals surface area contributed by atoms with Gasteiger partial charge in [-0.25, -0.2) is 0 Å². The standard InChI is InChI=1S/C24H26N4O2/c1-4-17-7-9-19(10-8-17)23(29)27-20-11-12-22(28(2)3)21(14-20)24(30)26-16-18-6-5-13-25-15-18/h5-15H,4,16H2,1-3H3,(H,26,30)(H,27,29). The Labute approximate surface area is 177 Å². The number of pyridine rings is 1. The summed E-state index contributed by atoms with van der Waals surface area (Å²) in [5.41, 5.74) is 4.49. The normalized spacial score (nSPS) is 10.4. The van der Waals surface area contributed by atoms with E-state index in [0.29, 0.717) is 23.4 Å². The summed E-state index contributed by atoms with van der Waals surface area (Å²) in [6.45, 7) is 2.45. The highest BCUT2D eigenvalue weighted by Gasteiger charge is 2.15. The van der Waals surface area contributed by atoms with Crippen molar-refractivity contribution in [1.29, 1.82) is 0 Å². The Balaban J connectivity index is 1.77. The van der Waals surface area contributed by atoms with Crippen LogP contribution in [0.25, 0.3) is 0 Å². The first-order valence-corrected chi connectivity index (χ1v) is 9.86. The molecule has 2 amide bonds. The fourth-order valence-electron chi connectivity index (χ4n) is 3.06. The monoisotopic (exact) mass is 402 g/mol. The molecule has 3 rings (SSSR count).